The average molecular weight is 1070 g/mol. The summed E-state index contributed by atoms with van der Waals surface area (Å²) in [4.78, 5) is 47.2. The van der Waals surface area contributed by atoms with Crippen molar-refractivity contribution in [3.63, 3.8) is 0 Å². The number of urea groups is 2. The molecule has 5 N–H and O–H groups in total. The molecule has 19 nitrogen and oxygen atoms in total. The molecule has 0 spiro atoms. The van der Waals surface area contributed by atoms with E-state index in [4.69, 9.17) is 40.1 Å². The van der Waals surface area contributed by atoms with Crippen molar-refractivity contribution in [2.24, 2.45) is 0 Å². The molecule has 10 aromatic rings. The van der Waals surface area contributed by atoms with Gasteiger partial charge in [0.15, 0.2) is 21.6 Å². The van der Waals surface area contributed by atoms with Crippen molar-refractivity contribution in [1.82, 2.24) is 34.4 Å². The molecule has 75 heavy (non-hydrogen) atoms. The van der Waals surface area contributed by atoms with Crippen LogP contribution in [-0.4, -0.2) is 86.4 Å². The van der Waals surface area contributed by atoms with Gasteiger partial charge in [-0.15, -0.1) is 11.6 Å². The zero-order chi connectivity index (χ0) is 52.9. The number of ether oxygens (including phenoxy) is 3. The second-order valence-electron chi connectivity index (χ2n) is 19.1. The monoisotopic (exact) mass is 1070 g/mol. The van der Waals surface area contributed by atoms with Gasteiger partial charge in [0.05, 0.1) is 51.4 Å². The Hall–Kier alpha value is -7.98. The van der Waals surface area contributed by atoms with Crippen LogP contribution >= 0.6 is 34.3 Å². The van der Waals surface area contributed by atoms with Crippen LogP contribution in [-0.2, 0) is 20.4 Å². The van der Waals surface area contributed by atoms with E-state index in [-0.39, 0.29) is 23.3 Å². The molecule has 4 amide bonds. The topological polar surface area (TPSA) is 226 Å². The van der Waals surface area contributed by atoms with Crippen molar-refractivity contribution < 1.29 is 37.6 Å². The van der Waals surface area contributed by atoms with Crippen molar-refractivity contribution in [2.45, 2.75) is 52.4 Å². The largest absolute Gasteiger partial charge is 0.492 e. The Kier molecular flexibility index (Phi) is 15.4. The normalized spacial score (nSPS) is 11.7. The summed E-state index contributed by atoms with van der Waals surface area (Å²) in [7, 11) is 1.36. The number of hydrogen-bond donors (Lipinski definition) is 5. The fourth-order valence-corrected chi connectivity index (χ4v) is 9.61. The maximum absolute atomic E-state index is 12.4. The number of aromatic nitrogens is 6. The zero-order valence-corrected chi connectivity index (χ0v) is 44.5. The van der Waals surface area contributed by atoms with Gasteiger partial charge in [0.25, 0.3) is 0 Å². The van der Waals surface area contributed by atoms with Crippen LogP contribution in [0, 0.1) is 0 Å². The number of alkyl halides is 1. The Morgan fingerprint density at radius 3 is 1.48 bits per heavy atom. The molecule has 388 valence electrons. The third-order valence-corrected chi connectivity index (χ3v) is 13.6. The quantitative estimate of drug-likeness (QED) is 0.0366. The molecule has 0 unspecified atom stereocenters. The number of benzene rings is 4. The lowest BCUT2D eigenvalue weighted by Gasteiger charge is -2.12. The number of methoxy groups -OCH3 is 1. The first kappa shape index (κ1) is 51.9. The molecule has 6 heterocycles. The van der Waals surface area contributed by atoms with Crippen LogP contribution in [0.15, 0.2) is 119 Å². The molecule has 0 aliphatic rings. The van der Waals surface area contributed by atoms with E-state index in [0.29, 0.717) is 60.2 Å². The summed E-state index contributed by atoms with van der Waals surface area (Å²) >= 11 is 8.88. The first-order valence-electron chi connectivity index (χ1n) is 23.7. The molecule has 6 aromatic heterocycles. The third-order valence-electron chi connectivity index (χ3n) is 11.4. The lowest BCUT2D eigenvalue weighted by molar-refractivity contribution is -0.139. The van der Waals surface area contributed by atoms with Crippen molar-refractivity contribution >= 4 is 106 Å². The van der Waals surface area contributed by atoms with Crippen LogP contribution in [0.4, 0.5) is 32.6 Å². The predicted molar refractivity (Wildman–Crippen MR) is 294 cm³/mol. The first-order chi connectivity index (χ1) is 36.0. The van der Waals surface area contributed by atoms with Crippen LogP contribution < -0.4 is 36.1 Å². The number of carbonyl (C=O) groups excluding carboxylic acids is 3. The highest BCUT2D eigenvalue weighted by molar-refractivity contribution is 7.24. The smallest absolute Gasteiger partial charge is 0.324 e. The minimum absolute atomic E-state index is 0.153. The number of halogens is 1. The van der Waals surface area contributed by atoms with E-state index in [1.165, 1.54) is 7.11 Å². The predicted octanol–water partition coefficient (Wildman–Crippen LogP) is 12.0. The number of imidazole rings is 2. The minimum atomic E-state index is -0.406. The number of thiazole rings is 2. The van der Waals surface area contributed by atoms with E-state index in [1.807, 2.05) is 139 Å². The summed E-state index contributed by atoms with van der Waals surface area (Å²) in [6, 6.07) is 29.6. The van der Waals surface area contributed by atoms with Crippen molar-refractivity contribution in [1.29, 1.82) is 0 Å². The highest BCUT2D eigenvalue weighted by Crippen LogP contribution is 2.34. The van der Waals surface area contributed by atoms with Gasteiger partial charge in [0, 0.05) is 64.4 Å². The third kappa shape index (κ3) is 12.7. The van der Waals surface area contributed by atoms with Gasteiger partial charge in [0.1, 0.15) is 36.2 Å². The lowest BCUT2D eigenvalue weighted by Crippen LogP contribution is -2.27. The van der Waals surface area contributed by atoms with E-state index in [1.54, 1.807) is 34.8 Å². The van der Waals surface area contributed by atoms with Crippen LogP contribution in [0.1, 0.15) is 53.1 Å². The summed E-state index contributed by atoms with van der Waals surface area (Å²) in [6.45, 7) is 13.7. The van der Waals surface area contributed by atoms with Gasteiger partial charge in [0.2, 0.25) is 0 Å². The van der Waals surface area contributed by atoms with Crippen LogP contribution in [0.2, 0.25) is 0 Å². The van der Waals surface area contributed by atoms with Crippen molar-refractivity contribution in [3.05, 3.63) is 121 Å². The highest BCUT2D eigenvalue weighted by Gasteiger charge is 2.22. The Balaban J connectivity index is 0.000000185. The molecule has 4 aromatic carbocycles. The van der Waals surface area contributed by atoms with Gasteiger partial charge in [-0.1, -0.05) is 98.8 Å². The molecular formula is C53H54ClN11O8S2. The standard InChI is InChI=1S/C28H30N6O5S.C25H24ClN5O3S/c1-28(2,3)23-14-24(33-39-23)32-26(36)30-18-7-5-17(6-8-18)20-16-34-21-10-9-19(13-22(21)40-27(34)31-20)38-12-11-29-15-25(35)37-4;1-25(2,3)21-13-22(30-34-21)29-23(32)27-16-6-4-15(5-7-16)18-14-31-19-9-8-17(33-11-10-26)12-20(19)35-24(31)28-18/h5-10,13-14,16,29H,11-12,15H2,1-4H3,(H2,30,32,33,36);4-9,12-14H,10-11H2,1-3H3,(H2,27,29,30,32). The molecule has 0 aliphatic heterocycles. The number of hydrogen-bond acceptors (Lipinski definition) is 15. The zero-order valence-electron chi connectivity index (χ0n) is 42.1. The second-order valence-corrected chi connectivity index (χ2v) is 21.5. The van der Waals surface area contributed by atoms with E-state index in [9.17, 15) is 14.4 Å². The highest BCUT2D eigenvalue weighted by atomic mass is 35.5. The summed E-state index contributed by atoms with van der Waals surface area (Å²) in [6.07, 6.45) is 4.01. The molecule has 0 saturated carbocycles. The summed E-state index contributed by atoms with van der Waals surface area (Å²) in [5, 5.41) is 21.8. The van der Waals surface area contributed by atoms with Gasteiger partial charge >= 0.3 is 18.0 Å². The number of rotatable bonds is 15. The lowest BCUT2D eigenvalue weighted by atomic mass is 9.93. The average Bonchev–Trinajstić information content (AvgIpc) is 4.26. The van der Waals surface area contributed by atoms with Crippen LogP contribution in [0.25, 0.3) is 52.9 Å². The Labute approximate surface area is 443 Å². The Morgan fingerprint density at radius 2 is 1.07 bits per heavy atom. The van der Waals surface area contributed by atoms with E-state index in [0.717, 1.165) is 64.4 Å². The van der Waals surface area contributed by atoms with Crippen LogP contribution in [0.3, 0.4) is 0 Å². The SMILES string of the molecule is CC(C)(C)c1cc(NC(=O)Nc2ccc(-c3cn4c(n3)sc3cc(OCCCl)ccc34)cc2)no1.COC(=O)CNCCOc1ccc2c(c1)sc1nc(-c3ccc(NC(=O)Nc4cc(C(C)(C)C)on4)cc3)cn12. The second kappa shape index (κ2) is 22.2. The van der Waals surface area contributed by atoms with Gasteiger partial charge in [-0.05, 0) is 60.7 Å². The van der Waals surface area contributed by atoms with E-state index in [2.05, 4.69) is 50.4 Å². The van der Waals surface area contributed by atoms with E-state index < -0.39 is 12.1 Å². The minimum Gasteiger partial charge on any atom is -0.492 e. The number of nitrogens with one attached hydrogen (secondary N) is 5. The Bertz CT molecular complexity index is 3620. The summed E-state index contributed by atoms with van der Waals surface area (Å²) in [5.74, 6) is 3.81. The number of fused-ring (bicyclic) bond motifs is 6. The van der Waals surface area contributed by atoms with Crippen molar-refractivity contribution in [3.8, 4) is 34.0 Å². The van der Waals surface area contributed by atoms with Gasteiger partial charge in [-0.3, -0.25) is 24.2 Å². The summed E-state index contributed by atoms with van der Waals surface area (Å²) in [5.41, 5.74) is 6.58. The van der Waals surface area contributed by atoms with Crippen LogP contribution in [0.5, 0.6) is 11.5 Å². The first-order valence-corrected chi connectivity index (χ1v) is 25.9. The summed E-state index contributed by atoms with van der Waals surface area (Å²) < 4.78 is 32.9. The number of carbonyl (C=O) groups is 3. The number of esters is 1. The maximum atomic E-state index is 12.4. The number of nitrogens with zero attached hydrogens (tertiary/aromatic N) is 6. The fraction of sp³-hybridized carbons (Fsp3) is 0.264. The molecule has 22 heteroatoms. The maximum Gasteiger partial charge on any atom is 0.324 e. The van der Waals surface area contributed by atoms with E-state index >= 15 is 0 Å². The number of anilines is 4. The molecule has 0 aliphatic carbocycles. The fourth-order valence-electron chi connectivity index (χ4n) is 7.46. The van der Waals surface area contributed by atoms with Gasteiger partial charge in [-0.25, -0.2) is 19.6 Å². The molecule has 10 rings (SSSR count). The molecule has 0 saturated heterocycles. The molecule has 0 atom stereocenters. The molecular weight excluding hydrogens is 1020 g/mol. The van der Waals surface area contributed by atoms with Gasteiger partial charge < -0.3 is 39.2 Å². The Morgan fingerprint density at radius 1 is 0.613 bits per heavy atom. The molecule has 0 fully saturated rings. The number of amides is 4. The molecule has 0 radical (unpaired) electrons. The molecule has 0 bridgehead atoms. The van der Waals surface area contributed by atoms with Gasteiger partial charge in [-0.2, -0.15) is 0 Å². The van der Waals surface area contributed by atoms with Crippen molar-refractivity contribution in [2.75, 3.05) is 60.6 Å².